The molecule has 0 aromatic heterocycles. The number of carbonyl (C=O) groups excluding carboxylic acids is 1. The second-order valence-electron chi connectivity index (χ2n) is 9.19. The van der Waals surface area contributed by atoms with Crippen molar-refractivity contribution in [3.05, 3.63) is 0 Å². The van der Waals surface area contributed by atoms with Gasteiger partial charge in [-0.1, -0.05) is 13.8 Å². The highest BCUT2D eigenvalue weighted by Gasteiger charge is 2.62. The summed E-state index contributed by atoms with van der Waals surface area (Å²) >= 11 is 0. The van der Waals surface area contributed by atoms with Gasteiger partial charge in [0, 0.05) is 12.8 Å². The minimum Gasteiger partial charge on any atom is -0.393 e. The number of aliphatic hydroxyl groups excluding tert-OH is 2. The quantitative estimate of drug-likeness (QED) is 0.723. The summed E-state index contributed by atoms with van der Waals surface area (Å²) < 4.78 is 0. The van der Waals surface area contributed by atoms with Crippen LogP contribution in [0, 0.1) is 34.5 Å². The second-order valence-corrected chi connectivity index (χ2v) is 9.19. The number of Topliss-reactive ketones (excluding diaryl/α,β-unsaturated/α-hetero) is 1. The molecule has 0 bridgehead atoms. The topological polar surface area (TPSA) is 57.5 Å². The standard InChI is InChI=1S/C19H30O3/c1-18-8-7-12(20)9-11(18)3-4-13-14-5-6-16(22)19(14,2)10-15(21)17(13)18/h11,13-17,21-22H,3-10H2,1-2H3/t11-,13+,14+,15+,16+,17-,18+,19+/m1/s1. The van der Waals surface area contributed by atoms with Crippen molar-refractivity contribution in [3.8, 4) is 0 Å². The maximum Gasteiger partial charge on any atom is 0.133 e. The fraction of sp³-hybridized carbons (Fsp3) is 0.947. The molecule has 0 heterocycles. The van der Waals surface area contributed by atoms with E-state index in [1.807, 2.05) is 0 Å². The van der Waals surface area contributed by atoms with Gasteiger partial charge in [-0.15, -0.1) is 0 Å². The van der Waals surface area contributed by atoms with Crippen molar-refractivity contribution in [2.45, 2.75) is 77.4 Å². The third-order valence-electron chi connectivity index (χ3n) is 8.36. The molecule has 0 aromatic rings. The van der Waals surface area contributed by atoms with Crippen LogP contribution in [-0.2, 0) is 4.79 Å². The van der Waals surface area contributed by atoms with Crippen LogP contribution in [0.1, 0.15) is 65.2 Å². The molecule has 22 heavy (non-hydrogen) atoms. The molecule has 4 fully saturated rings. The van der Waals surface area contributed by atoms with E-state index in [9.17, 15) is 15.0 Å². The van der Waals surface area contributed by atoms with E-state index in [1.165, 1.54) is 0 Å². The predicted molar refractivity (Wildman–Crippen MR) is 84.1 cm³/mol. The van der Waals surface area contributed by atoms with Crippen LogP contribution >= 0.6 is 0 Å². The van der Waals surface area contributed by atoms with Gasteiger partial charge in [-0.25, -0.2) is 0 Å². The van der Waals surface area contributed by atoms with Crippen molar-refractivity contribution < 1.29 is 15.0 Å². The summed E-state index contributed by atoms with van der Waals surface area (Å²) in [4.78, 5) is 11.9. The van der Waals surface area contributed by atoms with Crippen molar-refractivity contribution >= 4 is 5.78 Å². The molecule has 3 heteroatoms. The van der Waals surface area contributed by atoms with Crippen molar-refractivity contribution in [3.63, 3.8) is 0 Å². The Labute approximate surface area is 133 Å². The molecule has 0 amide bonds. The van der Waals surface area contributed by atoms with E-state index >= 15 is 0 Å². The number of carbonyl (C=O) groups is 1. The predicted octanol–water partition coefficient (Wildman–Crippen LogP) is 2.93. The lowest BCUT2D eigenvalue weighted by atomic mass is 9.44. The largest absolute Gasteiger partial charge is 0.393 e. The van der Waals surface area contributed by atoms with E-state index in [-0.39, 0.29) is 23.0 Å². The Balaban J connectivity index is 1.69. The first-order valence-corrected chi connectivity index (χ1v) is 9.24. The van der Waals surface area contributed by atoms with Crippen LogP contribution < -0.4 is 0 Å². The third kappa shape index (κ3) is 1.84. The van der Waals surface area contributed by atoms with Gasteiger partial charge in [-0.05, 0) is 73.0 Å². The Morgan fingerprint density at radius 2 is 1.82 bits per heavy atom. The van der Waals surface area contributed by atoms with Gasteiger partial charge in [0.2, 0.25) is 0 Å². The molecule has 4 aliphatic rings. The summed E-state index contributed by atoms with van der Waals surface area (Å²) in [6.45, 7) is 4.55. The van der Waals surface area contributed by atoms with Gasteiger partial charge in [-0.3, -0.25) is 4.79 Å². The van der Waals surface area contributed by atoms with Crippen LogP contribution in [-0.4, -0.2) is 28.2 Å². The summed E-state index contributed by atoms with van der Waals surface area (Å²) in [5, 5.41) is 21.5. The van der Waals surface area contributed by atoms with Crippen LogP contribution in [0.4, 0.5) is 0 Å². The molecule has 8 atom stereocenters. The molecule has 0 unspecified atom stereocenters. The molecule has 124 valence electrons. The highest BCUT2D eigenvalue weighted by Crippen LogP contribution is 2.65. The van der Waals surface area contributed by atoms with Crippen LogP contribution in [0.5, 0.6) is 0 Å². The maximum absolute atomic E-state index is 11.9. The van der Waals surface area contributed by atoms with E-state index in [2.05, 4.69) is 13.8 Å². The lowest BCUT2D eigenvalue weighted by Crippen LogP contribution is -2.59. The zero-order chi connectivity index (χ0) is 15.7. The molecule has 0 spiro atoms. The number of aliphatic hydroxyl groups is 2. The smallest absolute Gasteiger partial charge is 0.133 e. The fourth-order valence-electron chi connectivity index (χ4n) is 7.14. The summed E-state index contributed by atoms with van der Waals surface area (Å²) in [5.74, 6) is 2.34. The lowest BCUT2D eigenvalue weighted by molar-refractivity contribution is -0.177. The van der Waals surface area contributed by atoms with E-state index < -0.39 is 0 Å². The summed E-state index contributed by atoms with van der Waals surface area (Å²) in [5.41, 5.74) is 0.0411. The molecular formula is C19H30O3. The van der Waals surface area contributed by atoms with Crippen LogP contribution in [0.3, 0.4) is 0 Å². The minimum absolute atomic E-state index is 0.0890. The highest BCUT2D eigenvalue weighted by molar-refractivity contribution is 5.79. The Morgan fingerprint density at radius 1 is 1.05 bits per heavy atom. The number of rotatable bonds is 0. The first-order valence-electron chi connectivity index (χ1n) is 9.24. The zero-order valence-corrected chi connectivity index (χ0v) is 13.9. The lowest BCUT2D eigenvalue weighted by Gasteiger charge is -2.61. The average Bonchev–Trinajstić information content (AvgIpc) is 2.75. The van der Waals surface area contributed by atoms with Gasteiger partial charge in [0.1, 0.15) is 5.78 Å². The van der Waals surface area contributed by atoms with Crippen molar-refractivity contribution in [1.82, 2.24) is 0 Å². The second kappa shape index (κ2) is 4.80. The van der Waals surface area contributed by atoms with Gasteiger partial charge in [0.25, 0.3) is 0 Å². The molecule has 4 saturated carbocycles. The molecular weight excluding hydrogens is 276 g/mol. The normalized spacial score (nSPS) is 57.9. The van der Waals surface area contributed by atoms with Gasteiger partial charge in [0.15, 0.2) is 0 Å². The molecule has 0 saturated heterocycles. The van der Waals surface area contributed by atoms with Gasteiger partial charge < -0.3 is 10.2 Å². The van der Waals surface area contributed by atoms with E-state index in [0.29, 0.717) is 35.9 Å². The molecule has 0 aromatic carbocycles. The van der Waals surface area contributed by atoms with Crippen LogP contribution in [0.15, 0.2) is 0 Å². The Bertz CT molecular complexity index is 489. The van der Waals surface area contributed by atoms with E-state index in [4.69, 9.17) is 0 Å². The maximum atomic E-state index is 11.9. The summed E-state index contributed by atoms with van der Waals surface area (Å²) in [6, 6.07) is 0. The zero-order valence-electron chi connectivity index (χ0n) is 13.9. The van der Waals surface area contributed by atoms with Crippen molar-refractivity contribution in [2.75, 3.05) is 0 Å². The van der Waals surface area contributed by atoms with Crippen LogP contribution in [0.2, 0.25) is 0 Å². The number of fused-ring (bicyclic) bond motifs is 5. The Morgan fingerprint density at radius 3 is 2.59 bits per heavy atom. The monoisotopic (exact) mass is 306 g/mol. The first kappa shape index (κ1) is 15.1. The Hall–Kier alpha value is -0.410. The highest BCUT2D eigenvalue weighted by atomic mass is 16.3. The first-order chi connectivity index (χ1) is 10.4. The molecule has 0 aliphatic heterocycles. The van der Waals surface area contributed by atoms with Gasteiger partial charge in [-0.2, -0.15) is 0 Å². The summed E-state index contributed by atoms with van der Waals surface area (Å²) in [6.07, 6.45) is 6.88. The van der Waals surface area contributed by atoms with E-state index in [1.54, 1.807) is 0 Å². The molecule has 0 radical (unpaired) electrons. The van der Waals surface area contributed by atoms with Crippen molar-refractivity contribution in [1.29, 1.82) is 0 Å². The molecule has 4 rings (SSSR count). The number of hydrogen-bond acceptors (Lipinski definition) is 3. The molecule has 4 aliphatic carbocycles. The van der Waals surface area contributed by atoms with Gasteiger partial charge >= 0.3 is 0 Å². The number of ketones is 1. The SMILES string of the molecule is C[C@]12CCC(=O)C[C@H]1CC[C@@H]1[C@@H]2[C@@H](O)C[C@]2(C)[C@@H](O)CC[C@@H]12. The Kier molecular flexibility index (Phi) is 3.30. The van der Waals surface area contributed by atoms with E-state index in [0.717, 1.165) is 44.9 Å². The number of hydrogen-bond donors (Lipinski definition) is 2. The molecule has 3 nitrogen and oxygen atoms in total. The van der Waals surface area contributed by atoms with Crippen LogP contribution in [0.25, 0.3) is 0 Å². The fourth-order valence-corrected chi connectivity index (χ4v) is 7.14. The van der Waals surface area contributed by atoms with Gasteiger partial charge in [0.05, 0.1) is 12.2 Å². The average molecular weight is 306 g/mol. The molecule has 2 N–H and O–H groups in total. The minimum atomic E-state index is -0.306. The van der Waals surface area contributed by atoms with Crippen molar-refractivity contribution in [2.24, 2.45) is 34.5 Å². The third-order valence-corrected chi connectivity index (χ3v) is 8.36. The summed E-state index contributed by atoms with van der Waals surface area (Å²) in [7, 11) is 0.